The van der Waals surface area contributed by atoms with Crippen molar-refractivity contribution in [3.8, 4) is 0 Å². The van der Waals surface area contributed by atoms with Crippen LogP contribution in [0.1, 0.15) is 313 Å². The Bertz CT molecular complexity index is 3890. The van der Waals surface area contributed by atoms with Crippen LogP contribution in [-0.2, 0) is 31.9 Å². The molecule has 0 saturated carbocycles. The number of piperidine rings is 6. The Labute approximate surface area is 755 Å². The van der Waals surface area contributed by atoms with Gasteiger partial charge in [0.1, 0.15) is 12.0 Å². The minimum Gasteiger partial charge on any atom is -0.512 e. The van der Waals surface area contributed by atoms with Crippen LogP contribution in [0.5, 0.6) is 0 Å². The van der Waals surface area contributed by atoms with Crippen molar-refractivity contribution in [2.45, 2.75) is 354 Å². The summed E-state index contributed by atoms with van der Waals surface area (Å²) < 4.78 is 39.0. The Morgan fingerprint density at radius 3 is 1.06 bits per heavy atom. The number of aliphatic hydroxyl groups is 5. The first-order valence-corrected chi connectivity index (χ1v) is 46.7. The lowest BCUT2D eigenvalue weighted by Crippen LogP contribution is -2.54. The summed E-state index contributed by atoms with van der Waals surface area (Å²) in [6.07, 6.45) is 13.0. The first kappa shape index (κ1) is 109. The zero-order valence-corrected chi connectivity index (χ0v) is 81.5. The van der Waals surface area contributed by atoms with Crippen molar-refractivity contribution in [3.05, 3.63) is 188 Å². The number of benzene rings is 5. The largest absolute Gasteiger partial charge is 0.512 e. The molecule has 6 aliphatic rings. The van der Waals surface area contributed by atoms with Gasteiger partial charge in [-0.25, -0.2) is 13.2 Å². The second-order valence-electron chi connectivity index (χ2n) is 43.3. The molecule has 11 rings (SSSR count). The molecular formula is C105H170Cl2F3N7O6. The van der Waals surface area contributed by atoms with Crippen LogP contribution < -0.4 is 5.73 Å². The molecule has 0 radical (unpaired) electrons. The van der Waals surface area contributed by atoms with Crippen molar-refractivity contribution in [2.75, 3.05) is 105 Å². The standard InChI is InChI=1S/C20H31NO.C18H28FNO.C17H26ClNO2.C17H24ClNO.C17H28N2.C15H29F2NO.CH4/c1-16-6-8-18(9-7-16)20(11-10-17(2)22)12-14-21(15-13-20)19(3,4)5;1-14(19)15-5-7-16(8-6-15)18(13-21)9-11-20(12-10-18)17(2,3)4;1-16(2,3)19-10-8-17(9-11-19,15(21)12-20)13-4-6-14(18)7-5-13;1-13(20)17(14-5-7-15(18)8-6-14)9-11-19(12-10-17)16(2,3)4;1-14-5-7-15(8-6-14)17(13-18)9-11-19(12-10-17)16(2,3)4;1-13(2,3)18-10-8-15(12-19,9-11-18)7-5-6-14(4,16)17;/h6-9H,10-15H2,1-5H3;5-8,14,21H,9-13H2,1-4H3;4-7,15,20-21H,8-12H2,1-3H3;5-8,20H,1,9-12H2,2-4H3;5-8H,9-13,18H2,1-4H3;19H,5-12H2,1-4H3;1H4. The number of Topliss-reactive ketones (excluding diaryl/α,β-unsaturated/α-hetero) is 1. The maximum absolute atomic E-state index is 13.3. The second kappa shape index (κ2) is 45.7. The average Bonchev–Trinajstić information content (AvgIpc) is 0.808. The van der Waals surface area contributed by atoms with Crippen LogP contribution in [0.15, 0.2) is 134 Å². The van der Waals surface area contributed by atoms with Gasteiger partial charge >= 0.3 is 0 Å². The summed E-state index contributed by atoms with van der Waals surface area (Å²) in [5.41, 5.74) is 16.2. The summed E-state index contributed by atoms with van der Waals surface area (Å²) in [6.45, 7) is 65.8. The topological polar surface area (TPSA) is 164 Å². The van der Waals surface area contributed by atoms with E-state index in [2.05, 4.69) is 223 Å². The number of nitrogens with zero attached hydrogens (tertiary/aromatic N) is 6. The number of likely N-dealkylation sites (tertiary alicyclic amines) is 6. The van der Waals surface area contributed by atoms with Gasteiger partial charge in [-0.15, -0.1) is 0 Å². The van der Waals surface area contributed by atoms with Gasteiger partial charge in [0.2, 0.25) is 5.92 Å². The number of carbonyl (C=O) groups excluding carboxylic acids is 1. The van der Waals surface area contributed by atoms with Gasteiger partial charge in [-0.3, -0.25) is 29.4 Å². The van der Waals surface area contributed by atoms with E-state index in [1.807, 2.05) is 72.8 Å². The molecule has 6 aliphatic heterocycles. The summed E-state index contributed by atoms with van der Waals surface area (Å²) in [5, 5.41) is 51.2. The van der Waals surface area contributed by atoms with E-state index < -0.39 is 18.2 Å². The van der Waals surface area contributed by atoms with Gasteiger partial charge in [0, 0.05) is 85.5 Å². The number of rotatable bonds is 19. The second-order valence-corrected chi connectivity index (χ2v) is 44.2. The Kier molecular flexibility index (Phi) is 40.4. The molecule has 696 valence electrons. The van der Waals surface area contributed by atoms with Gasteiger partial charge in [0.15, 0.2) is 0 Å². The molecule has 6 fully saturated rings. The first-order chi connectivity index (χ1) is 56.5. The van der Waals surface area contributed by atoms with Crippen molar-refractivity contribution >= 4 is 29.0 Å². The molecule has 13 nitrogen and oxygen atoms in total. The fraction of sp³-hybridized carbons (Fsp3) is 0.686. The number of allylic oxidation sites excluding steroid dienone is 1. The normalized spacial score (nSPS) is 20.4. The predicted molar refractivity (Wildman–Crippen MR) is 515 cm³/mol. The fourth-order valence-electron chi connectivity index (χ4n) is 19.3. The molecule has 2 atom stereocenters. The van der Waals surface area contributed by atoms with Crippen LogP contribution in [0, 0.1) is 19.3 Å². The molecule has 0 aromatic heterocycles. The Morgan fingerprint density at radius 1 is 0.447 bits per heavy atom. The molecule has 0 spiro atoms. The third kappa shape index (κ3) is 31.0. The van der Waals surface area contributed by atoms with Crippen molar-refractivity contribution in [2.24, 2.45) is 11.1 Å². The molecule has 0 bridgehead atoms. The van der Waals surface area contributed by atoms with Crippen molar-refractivity contribution in [1.82, 2.24) is 29.4 Å². The maximum Gasteiger partial charge on any atom is 0.245 e. The number of hydrogen-bond acceptors (Lipinski definition) is 13. The lowest BCUT2D eigenvalue weighted by atomic mass is 9.68. The van der Waals surface area contributed by atoms with Crippen LogP contribution in [0.25, 0.3) is 0 Å². The van der Waals surface area contributed by atoms with E-state index in [0.29, 0.717) is 35.6 Å². The maximum atomic E-state index is 13.3. The lowest BCUT2D eigenvalue weighted by molar-refractivity contribution is -0.117. The first-order valence-electron chi connectivity index (χ1n) is 45.9. The summed E-state index contributed by atoms with van der Waals surface area (Å²) in [4.78, 5) is 26.5. The zero-order chi connectivity index (χ0) is 91.5. The molecule has 6 saturated heterocycles. The monoisotopic (exact) mass is 1750 g/mol. The van der Waals surface area contributed by atoms with Crippen LogP contribution in [0.4, 0.5) is 13.2 Å². The number of halogens is 5. The van der Waals surface area contributed by atoms with Gasteiger partial charge in [0.05, 0.1) is 30.5 Å². The molecule has 0 aliphatic carbocycles. The summed E-state index contributed by atoms with van der Waals surface area (Å²) in [7, 11) is 0. The minimum atomic E-state index is -2.58. The van der Waals surface area contributed by atoms with E-state index in [1.54, 1.807) is 13.8 Å². The quantitative estimate of drug-likeness (QED) is 0.0434. The van der Waals surface area contributed by atoms with Gasteiger partial charge in [-0.1, -0.05) is 145 Å². The average molecular weight is 1750 g/mol. The molecule has 7 N–H and O–H groups in total. The van der Waals surface area contributed by atoms with Crippen LogP contribution in [0.3, 0.4) is 0 Å². The van der Waals surface area contributed by atoms with Crippen molar-refractivity contribution in [1.29, 1.82) is 0 Å². The molecule has 6 heterocycles. The molecule has 2 unspecified atom stereocenters. The number of aliphatic hydroxyl groups excluding tert-OH is 5. The smallest absolute Gasteiger partial charge is 0.245 e. The number of hydrogen-bond donors (Lipinski definition) is 6. The predicted octanol–water partition coefficient (Wildman–Crippen LogP) is 23.1. The summed E-state index contributed by atoms with van der Waals surface area (Å²) in [6, 6.07) is 41.1. The number of ketones is 1. The van der Waals surface area contributed by atoms with E-state index in [-0.39, 0.29) is 105 Å². The van der Waals surface area contributed by atoms with E-state index in [4.69, 9.17) is 28.9 Å². The van der Waals surface area contributed by atoms with Crippen LogP contribution >= 0.6 is 23.2 Å². The van der Waals surface area contributed by atoms with Crippen LogP contribution in [0.2, 0.25) is 10.0 Å². The number of nitrogens with two attached hydrogens (primary N) is 1. The molecule has 0 amide bonds. The highest BCUT2D eigenvalue weighted by atomic mass is 35.5. The van der Waals surface area contributed by atoms with Gasteiger partial charge < -0.3 is 36.1 Å². The Morgan fingerprint density at radius 2 is 0.748 bits per heavy atom. The summed E-state index contributed by atoms with van der Waals surface area (Å²) >= 11 is 11.9. The van der Waals surface area contributed by atoms with Gasteiger partial charge in [-0.05, 0) is 403 Å². The Hall–Kier alpha value is -4.76. The molecule has 18 heteroatoms. The zero-order valence-electron chi connectivity index (χ0n) is 80.0. The van der Waals surface area contributed by atoms with E-state index >= 15 is 0 Å². The highest BCUT2D eigenvalue weighted by Crippen LogP contribution is 2.47. The molecular weight excluding hydrogens is 1580 g/mol. The fourth-order valence-corrected chi connectivity index (χ4v) is 19.6. The van der Waals surface area contributed by atoms with Crippen LogP contribution in [-0.4, -0.2) is 211 Å². The number of aryl methyl sites for hydroxylation is 2. The molecule has 123 heavy (non-hydrogen) atoms. The van der Waals surface area contributed by atoms with Gasteiger partial charge in [0.25, 0.3) is 0 Å². The van der Waals surface area contributed by atoms with E-state index in [1.165, 1.54) is 35.1 Å². The SMILES string of the molecule is C.C=C(O)C1(c2ccc(Cl)cc2)CCN(C(C)(C)C)CC1.CC(=O)CCC1(c2ccc(C)cc2)CCN(C(C)(C)C)CC1.CC(C)(C)N1CCC(c2ccc(Cl)cc2)(C(O)CO)CC1.CC(F)(F)CCCC1(CO)CCN(C(C)(C)C)CC1.CC(F)c1ccc(C2(CO)CCN(C(C)(C)C)CC2)cc1.Cc1ccc(C2(CN)CCN(C(C)(C)C)CC2)cc1. The highest BCUT2D eigenvalue weighted by molar-refractivity contribution is 6.30. The van der Waals surface area contributed by atoms with Crippen molar-refractivity contribution in [3.63, 3.8) is 0 Å². The lowest BCUT2D eigenvalue weighted by Gasteiger charge is -2.48. The molecule has 5 aromatic carbocycles. The molecule has 5 aromatic rings. The van der Waals surface area contributed by atoms with E-state index in [0.717, 1.165) is 184 Å². The van der Waals surface area contributed by atoms with Gasteiger partial charge in [-0.2, -0.15) is 0 Å². The number of carbonyl (C=O) groups is 1. The third-order valence-electron chi connectivity index (χ3n) is 28.7. The Balaban J connectivity index is 0.000000262. The number of alkyl halides is 3. The third-order valence-corrected chi connectivity index (χ3v) is 29.3. The summed E-state index contributed by atoms with van der Waals surface area (Å²) in [5.74, 6) is -2.00. The van der Waals surface area contributed by atoms with Crippen molar-refractivity contribution < 1.29 is 43.5 Å². The highest BCUT2D eigenvalue weighted by Gasteiger charge is 2.47. The minimum absolute atomic E-state index is 0. The van der Waals surface area contributed by atoms with E-state index in [9.17, 15) is 43.5 Å².